The average molecular weight is 538 g/mol. The molecule has 2 heterocycles. The molecule has 2 saturated heterocycles. The van der Waals surface area contributed by atoms with Gasteiger partial charge in [0.2, 0.25) is 17.7 Å². The van der Waals surface area contributed by atoms with Crippen LogP contribution < -0.4 is 16.4 Å². The fourth-order valence-electron chi connectivity index (χ4n) is 3.59. The topological polar surface area (TPSA) is 240 Å². The standard InChI is InChI=1S/C18H27N5O10S2/c19-18(17(33)21-6-15(30)31,23-12(26)3-4-13(23)27)8-35-34-7-9(16(32)20-5-14(28)29)22-10(24)1-2-11(22)25/h9-10,12,24,26H,1-8,19H2,(H,20,32)(H,21,33)(H,28,29)(H,30,31)/t9-,10?,12?,18-/m1/s1. The van der Waals surface area contributed by atoms with E-state index >= 15 is 0 Å². The third kappa shape index (κ3) is 7.20. The Labute approximate surface area is 207 Å². The van der Waals surface area contributed by atoms with Crippen molar-refractivity contribution in [3.8, 4) is 0 Å². The average Bonchev–Trinajstić information content (AvgIpc) is 3.30. The highest BCUT2D eigenvalue weighted by atomic mass is 33.1. The molecular weight excluding hydrogens is 510 g/mol. The first-order chi connectivity index (χ1) is 16.4. The van der Waals surface area contributed by atoms with Crippen molar-refractivity contribution in [3.05, 3.63) is 0 Å². The van der Waals surface area contributed by atoms with Crippen molar-refractivity contribution in [1.29, 1.82) is 0 Å². The molecular formula is C18H27N5O10S2. The second-order valence-electron chi connectivity index (χ2n) is 7.78. The number of hydrogen-bond donors (Lipinski definition) is 7. The molecule has 17 heteroatoms. The lowest BCUT2D eigenvalue weighted by Crippen LogP contribution is -2.69. The zero-order valence-corrected chi connectivity index (χ0v) is 20.0. The number of nitrogens with two attached hydrogens (primary N) is 1. The van der Waals surface area contributed by atoms with E-state index in [9.17, 15) is 39.0 Å². The van der Waals surface area contributed by atoms with Crippen molar-refractivity contribution >= 4 is 57.2 Å². The van der Waals surface area contributed by atoms with E-state index in [-0.39, 0.29) is 37.2 Å². The highest BCUT2D eigenvalue weighted by molar-refractivity contribution is 8.76. The fraction of sp³-hybridized carbons (Fsp3) is 0.667. The lowest BCUT2D eigenvalue weighted by molar-refractivity contribution is -0.153. The number of carbonyl (C=O) groups excluding carboxylic acids is 4. The Hall–Kier alpha value is -2.60. The van der Waals surface area contributed by atoms with Crippen molar-refractivity contribution < 1.29 is 49.2 Å². The molecule has 0 aromatic carbocycles. The number of aliphatic hydroxyl groups is 2. The van der Waals surface area contributed by atoms with Crippen molar-refractivity contribution in [2.24, 2.45) is 5.73 Å². The van der Waals surface area contributed by atoms with Crippen molar-refractivity contribution in [2.45, 2.75) is 49.8 Å². The highest BCUT2D eigenvalue weighted by Gasteiger charge is 2.49. The minimum atomic E-state index is -2.12. The monoisotopic (exact) mass is 537 g/mol. The maximum atomic E-state index is 12.7. The Balaban J connectivity index is 2.11. The molecule has 2 fully saturated rings. The Bertz CT molecular complexity index is 877. The number of nitrogens with zero attached hydrogens (tertiary/aromatic N) is 2. The van der Waals surface area contributed by atoms with E-state index in [4.69, 9.17) is 15.9 Å². The predicted octanol–water partition coefficient (Wildman–Crippen LogP) is -3.33. The molecule has 2 rings (SSSR count). The number of aliphatic hydroxyl groups excluding tert-OH is 2. The molecule has 4 amide bonds. The Kier molecular flexibility index (Phi) is 10.1. The number of rotatable bonds is 13. The van der Waals surface area contributed by atoms with Gasteiger partial charge in [0.15, 0.2) is 5.66 Å². The van der Waals surface area contributed by atoms with Crippen LogP contribution in [0.15, 0.2) is 0 Å². The molecule has 0 bridgehead atoms. The molecule has 2 aliphatic rings. The predicted molar refractivity (Wildman–Crippen MR) is 121 cm³/mol. The molecule has 15 nitrogen and oxygen atoms in total. The summed E-state index contributed by atoms with van der Waals surface area (Å²) in [7, 11) is 1.86. The molecule has 35 heavy (non-hydrogen) atoms. The zero-order valence-electron chi connectivity index (χ0n) is 18.4. The first-order valence-electron chi connectivity index (χ1n) is 10.4. The van der Waals surface area contributed by atoms with Crippen LogP contribution in [0.5, 0.6) is 0 Å². The second kappa shape index (κ2) is 12.4. The Morgan fingerprint density at radius 3 is 2.06 bits per heavy atom. The van der Waals surface area contributed by atoms with Gasteiger partial charge in [-0.3, -0.25) is 39.4 Å². The number of carboxylic acid groups (broad SMARTS) is 2. The highest BCUT2D eigenvalue weighted by Crippen LogP contribution is 2.33. The normalized spacial score (nSPS) is 22.6. The summed E-state index contributed by atoms with van der Waals surface area (Å²) in [6, 6.07) is -1.23. The smallest absolute Gasteiger partial charge is 0.322 e. The van der Waals surface area contributed by atoms with Gasteiger partial charge in [0.1, 0.15) is 31.6 Å². The van der Waals surface area contributed by atoms with E-state index in [1.54, 1.807) is 0 Å². The third-order valence-corrected chi connectivity index (χ3v) is 7.71. The maximum absolute atomic E-state index is 12.7. The largest absolute Gasteiger partial charge is 0.480 e. The lowest BCUT2D eigenvalue weighted by Gasteiger charge is -2.38. The van der Waals surface area contributed by atoms with Gasteiger partial charge in [-0.2, -0.15) is 0 Å². The molecule has 2 unspecified atom stereocenters. The van der Waals surface area contributed by atoms with Crippen LogP contribution >= 0.6 is 21.6 Å². The molecule has 4 atom stereocenters. The number of likely N-dealkylation sites (tertiary alicyclic amines) is 2. The molecule has 0 radical (unpaired) electrons. The molecule has 0 saturated carbocycles. The van der Waals surface area contributed by atoms with Gasteiger partial charge < -0.3 is 36.0 Å². The summed E-state index contributed by atoms with van der Waals surface area (Å²) in [6.07, 6.45) is -2.52. The van der Waals surface area contributed by atoms with Gasteiger partial charge in [0.05, 0.1) is 0 Å². The zero-order chi connectivity index (χ0) is 26.3. The minimum Gasteiger partial charge on any atom is -0.480 e. The number of aliphatic carboxylic acids is 2. The summed E-state index contributed by atoms with van der Waals surface area (Å²) in [6.45, 7) is -1.47. The third-order valence-electron chi connectivity index (χ3n) is 5.27. The fourth-order valence-corrected chi connectivity index (χ4v) is 6.12. The number of carboxylic acids is 2. The summed E-state index contributed by atoms with van der Waals surface area (Å²) < 4.78 is 0. The number of hydrogen-bond acceptors (Lipinski definition) is 11. The van der Waals surface area contributed by atoms with E-state index in [0.717, 1.165) is 31.4 Å². The van der Waals surface area contributed by atoms with Crippen molar-refractivity contribution in [2.75, 3.05) is 24.6 Å². The van der Waals surface area contributed by atoms with E-state index in [1.165, 1.54) is 0 Å². The van der Waals surface area contributed by atoms with Crippen LogP contribution in [0.25, 0.3) is 0 Å². The molecule has 196 valence electrons. The Morgan fingerprint density at radius 1 is 0.971 bits per heavy atom. The van der Waals surface area contributed by atoms with Gasteiger partial charge in [-0.1, -0.05) is 21.6 Å². The SMILES string of the molecule is N[C@@](CSSC[C@H](C(=O)NCC(=O)O)N1C(=O)CCC1O)(C(=O)NCC(=O)O)N1C(=O)CCC1O. The lowest BCUT2D eigenvalue weighted by atomic mass is 10.1. The van der Waals surface area contributed by atoms with Crippen LogP contribution in [0.1, 0.15) is 25.7 Å². The maximum Gasteiger partial charge on any atom is 0.322 e. The van der Waals surface area contributed by atoms with E-state index in [2.05, 4.69) is 10.6 Å². The van der Waals surface area contributed by atoms with Crippen LogP contribution in [0.4, 0.5) is 0 Å². The quantitative estimate of drug-likeness (QED) is 0.0899. The summed E-state index contributed by atoms with van der Waals surface area (Å²) in [5.41, 5.74) is 4.07. The number of nitrogens with one attached hydrogen (secondary N) is 2. The molecule has 8 N–H and O–H groups in total. The van der Waals surface area contributed by atoms with Crippen LogP contribution in [0.2, 0.25) is 0 Å². The van der Waals surface area contributed by atoms with Gasteiger partial charge in [-0.15, -0.1) is 0 Å². The van der Waals surface area contributed by atoms with Crippen LogP contribution in [-0.2, 0) is 28.8 Å². The molecule has 0 aromatic heterocycles. The number of carbonyl (C=O) groups is 6. The minimum absolute atomic E-state index is 0.00626. The molecule has 2 aliphatic heterocycles. The van der Waals surface area contributed by atoms with Crippen molar-refractivity contribution in [1.82, 2.24) is 20.4 Å². The van der Waals surface area contributed by atoms with Gasteiger partial charge in [-0.25, -0.2) is 0 Å². The summed E-state index contributed by atoms with van der Waals surface area (Å²) in [5, 5.41) is 42.2. The molecule has 0 aromatic rings. The van der Waals surface area contributed by atoms with Gasteiger partial charge in [0.25, 0.3) is 5.91 Å². The molecule has 0 spiro atoms. The van der Waals surface area contributed by atoms with Gasteiger partial charge >= 0.3 is 11.9 Å². The molecule has 0 aliphatic carbocycles. The van der Waals surface area contributed by atoms with E-state index in [1.807, 2.05) is 0 Å². The van der Waals surface area contributed by atoms with Crippen LogP contribution in [-0.4, -0.2) is 115 Å². The summed E-state index contributed by atoms with van der Waals surface area (Å²) in [5.74, 6) is -6.03. The number of amides is 4. The first-order valence-corrected chi connectivity index (χ1v) is 12.9. The Morgan fingerprint density at radius 2 is 1.54 bits per heavy atom. The first kappa shape index (κ1) is 28.6. The summed E-state index contributed by atoms with van der Waals surface area (Å²) in [4.78, 5) is 73.0. The van der Waals surface area contributed by atoms with Crippen LogP contribution in [0.3, 0.4) is 0 Å². The van der Waals surface area contributed by atoms with E-state index in [0.29, 0.717) is 0 Å². The second-order valence-corrected chi connectivity index (χ2v) is 10.3. The van der Waals surface area contributed by atoms with Gasteiger partial charge in [0, 0.05) is 37.2 Å². The van der Waals surface area contributed by atoms with Crippen LogP contribution in [0, 0.1) is 0 Å². The van der Waals surface area contributed by atoms with E-state index < -0.39 is 72.8 Å². The van der Waals surface area contributed by atoms with Crippen molar-refractivity contribution in [3.63, 3.8) is 0 Å². The summed E-state index contributed by atoms with van der Waals surface area (Å²) >= 11 is 0. The van der Waals surface area contributed by atoms with Gasteiger partial charge in [-0.05, 0) is 0 Å².